The molecule has 0 atom stereocenters. The average molecular weight is 340 g/mol. The Labute approximate surface area is 140 Å². The van der Waals surface area contributed by atoms with Crippen molar-refractivity contribution in [3.63, 3.8) is 0 Å². The molecule has 0 aliphatic carbocycles. The fraction of sp³-hybridized carbons (Fsp3) is 0.588. The molecule has 0 saturated heterocycles. The minimum atomic E-state index is -3.46. The lowest BCUT2D eigenvalue weighted by Crippen LogP contribution is -2.42. The van der Waals surface area contributed by atoms with Crippen molar-refractivity contribution in [1.82, 2.24) is 5.32 Å². The van der Waals surface area contributed by atoms with Gasteiger partial charge in [-0.3, -0.25) is 9.10 Å². The number of para-hydroxylation sites is 1. The molecule has 0 spiro atoms. The largest absolute Gasteiger partial charge is 0.351 e. The number of aryl methyl sites for hydroxylation is 2. The van der Waals surface area contributed by atoms with E-state index in [1.807, 2.05) is 52.8 Å². The van der Waals surface area contributed by atoms with E-state index < -0.39 is 10.0 Å². The molecule has 1 aromatic rings. The Hall–Kier alpha value is -1.56. The maximum atomic E-state index is 12.2. The number of nitrogens with one attached hydrogen (secondary N) is 1. The monoisotopic (exact) mass is 340 g/mol. The average Bonchev–Trinajstić information content (AvgIpc) is 2.36. The van der Waals surface area contributed by atoms with Crippen LogP contribution >= 0.6 is 0 Å². The molecule has 23 heavy (non-hydrogen) atoms. The molecule has 6 heteroatoms. The molecule has 1 aromatic carbocycles. The number of carbonyl (C=O) groups excluding carboxylic acids is 1. The number of nitrogens with zero attached hydrogens (tertiary/aromatic N) is 1. The lowest BCUT2D eigenvalue weighted by molar-refractivity contribution is -0.122. The van der Waals surface area contributed by atoms with Crippen molar-refractivity contribution < 1.29 is 13.2 Å². The van der Waals surface area contributed by atoms with E-state index in [4.69, 9.17) is 0 Å². The second-order valence-electron chi connectivity index (χ2n) is 6.82. The van der Waals surface area contributed by atoms with Gasteiger partial charge in [0.15, 0.2) is 0 Å². The van der Waals surface area contributed by atoms with Crippen molar-refractivity contribution in [2.45, 2.75) is 53.0 Å². The first-order valence-corrected chi connectivity index (χ1v) is 9.67. The first kappa shape index (κ1) is 19.5. The van der Waals surface area contributed by atoms with Crippen LogP contribution in [0.2, 0.25) is 0 Å². The predicted octanol–water partition coefficient (Wildman–Crippen LogP) is 2.63. The van der Waals surface area contributed by atoms with Gasteiger partial charge in [-0.2, -0.15) is 0 Å². The summed E-state index contributed by atoms with van der Waals surface area (Å²) in [6.07, 6.45) is 2.04. The number of sulfonamides is 1. The van der Waals surface area contributed by atoms with Gasteiger partial charge in [0.2, 0.25) is 15.9 Å². The van der Waals surface area contributed by atoms with Gasteiger partial charge in [0.05, 0.1) is 11.9 Å². The standard InChI is InChI=1S/C17H28N2O3S/c1-7-14-10-8-9-13(2)16(14)19(23(6,21)22)12-11-15(20)18-17(3,4)5/h8-10H,7,11-12H2,1-6H3,(H,18,20). The van der Waals surface area contributed by atoms with E-state index in [-0.39, 0.29) is 24.4 Å². The van der Waals surface area contributed by atoms with Gasteiger partial charge >= 0.3 is 0 Å². The number of rotatable bonds is 6. The second-order valence-corrected chi connectivity index (χ2v) is 8.73. The Morgan fingerprint density at radius 1 is 1.26 bits per heavy atom. The van der Waals surface area contributed by atoms with Crippen LogP contribution in [0.15, 0.2) is 18.2 Å². The van der Waals surface area contributed by atoms with E-state index in [1.165, 1.54) is 10.6 Å². The summed E-state index contributed by atoms with van der Waals surface area (Å²) < 4.78 is 25.8. The number of hydrogen-bond donors (Lipinski definition) is 1. The Morgan fingerprint density at radius 2 is 1.87 bits per heavy atom. The quantitative estimate of drug-likeness (QED) is 0.866. The van der Waals surface area contributed by atoms with Crippen LogP contribution in [0.5, 0.6) is 0 Å². The number of amides is 1. The third-order valence-corrected chi connectivity index (χ3v) is 4.57. The molecule has 0 aromatic heterocycles. The molecular formula is C17H28N2O3S. The fourth-order valence-corrected chi connectivity index (χ4v) is 3.51. The van der Waals surface area contributed by atoms with Gasteiger partial charge in [-0.15, -0.1) is 0 Å². The van der Waals surface area contributed by atoms with E-state index in [9.17, 15) is 13.2 Å². The molecule has 0 heterocycles. The summed E-state index contributed by atoms with van der Waals surface area (Å²) in [4.78, 5) is 12.0. The third kappa shape index (κ3) is 5.86. The third-order valence-electron chi connectivity index (χ3n) is 3.41. The molecular weight excluding hydrogens is 312 g/mol. The van der Waals surface area contributed by atoms with Crippen LogP contribution in [0.3, 0.4) is 0 Å². The van der Waals surface area contributed by atoms with E-state index in [0.29, 0.717) is 5.69 Å². The normalized spacial score (nSPS) is 12.1. The molecule has 0 unspecified atom stereocenters. The van der Waals surface area contributed by atoms with Crippen LogP contribution in [-0.2, 0) is 21.2 Å². The lowest BCUT2D eigenvalue weighted by atomic mass is 10.1. The Morgan fingerprint density at radius 3 is 2.35 bits per heavy atom. The maximum Gasteiger partial charge on any atom is 0.232 e. The van der Waals surface area contributed by atoms with Gasteiger partial charge in [0.1, 0.15) is 0 Å². The molecule has 1 N–H and O–H groups in total. The first-order valence-electron chi connectivity index (χ1n) is 7.83. The van der Waals surface area contributed by atoms with Crippen molar-refractivity contribution in [3.8, 4) is 0 Å². The molecule has 0 saturated carbocycles. The molecule has 0 aliphatic heterocycles. The molecule has 1 amide bonds. The number of carbonyl (C=O) groups is 1. The number of hydrogen-bond acceptors (Lipinski definition) is 3. The minimum Gasteiger partial charge on any atom is -0.351 e. The highest BCUT2D eigenvalue weighted by molar-refractivity contribution is 7.92. The Bertz CT molecular complexity index is 661. The summed E-state index contributed by atoms with van der Waals surface area (Å²) >= 11 is 0. The van der Waals surface area contributed by atoms with E-state index >= 15 is 0 Å². The highest BCUT2D eigenvalue weighted by atomic mass is 32.2. The van der Waals surface area contributed by atoms with Crippen LogP contribution in [0.25, 0.3) is 0 Å². The van der Waals surface area contributed by atoms with Gasteiger partial charge in [0, 0.05) is 18.5 Å². The number of anilines is 1. The summed E-state index contributed by atoms with van der Waals surface area (Å²) in [5.41, 5.74) is 2.23. The van der Waals surface area contributed by atoms with Crippen LogP contribution in [-0.4, -0.2) is 32.7 Å². The van der Waals surface area contributed by atoms with Gasteiger partial charge in [0.25, 0.3) is 0 Å². The Balaban J connectivity index is 3.08. The Kier molecular flexibility index (Phi) is 6.22. The van der Waals surface area contributed by atoms with Crippen molar-refractivity contribution in [3.05, 3.63) is 29.3 Å². The van der Waals surface area contributed by atoms with Gasteiger partial charge in [-0.25, -0.2) is 8.42 Å². The predicted molar refractivity (Wildman–Crippen MR) is 95.3 cm³/mol. The highest BCUT2D eigenvalue weighted by Gasteiger charge is 2.23. The van der Waals surface area contributed by atoms with Crippen molar-refractivity contribution >= 4 is 21.6 Å². The molecule has 130 valence electrons. The van der Waals surface area contributed by atoms with Crippen LogP contribution in [0.1, 0.15) is 45.2 Å². The first-order chi connectivity index (χ1) is 10.5. The molecule has 0 bridgehead atoms. The summed E-state index contributed by atoms with van der Waals surface area (Å²) in [5, 5.41) is 2.86. The van der Waals surface area contributed by atoms with E-state index in [1.54, 1.807) is 0 Å². The zero-order valence-electron chi connectivity index (χ0n) is 14.9. The van der Waals surface area contributed by atoms with Crippen molar-refractivity contribution in [2.75, 3.05) is 17.1 Å². The molecule has 0 fully saturated rings. The SMILES string of the molecule is CCc1cccc(C)c1N(CCC(=O)NC(C)(C)C)S(C)(=O)=O. The lowest BCUT2D eigenvalue weighted by Gasteiger charge is -2.27. The van der Waals surface area contributed by atoms with Gasteiger partial charge in [-0.1, -0.05) is 25.1 Å². The van der Waals surface area contributed by atoms with Crippen molar-refractivity contribution in [2.24, 2.45) is 0 Å². The van der Waals surface area contributed by atoms with E-state index in [2.05, 4.69) is 5.32 Å². The van der Waals surface area contributed by atoms with Crippen LogP contribution in [0.4, 0.5) is 5.69 Å². The van der Waals surface area contributed by atoms with Gasteiger partial charge < -0.3 is 5.32 Å². The molecule has 0 radical (unpaired) electrons. The van der Waals surface area contributed by atoms with E-state index in [0.717, 1.165) is 17.5 Å². The second kappa shape index (κ2) is 7.34. The summed E-state index contributed by atoms with van der Waals surface area (Å²) in [7, 11) is -3.46. The minimum absolute atomic E-state index is 0.127. The maximum absolute atomic E-state index is 12.2. The fourth-order valence-electron chi connectivity index (χ4n) is 2.49. The van der Waals surface area contributed by atoms with Crippen molar-refractivity contribution in [1.29, 1.82) is 0 Å². The highest BCUT2D eigenvalue weighted by Crippen LogP contribution is 2.28. The number of benzene rings is 1. The topological polar surface area (TPSA) is 66.5 Å². The van der Waals surface area contributed by atoms with Crippen LogP contribution < -0.4 is 9.62 Å². The zero-order valence-corrected chi connectivity index (χ0v) is 15.8. The molecule has 5 nitrogen and oxygen atoms in total. The summed E-state index contributed by atoms with van der Waals surface area (Å²) in [6, 6.07) is 5.74. The van der Waals surface area contributed by atoms with Gasteiger partial charge in [-0.05, 0) is 45.2 Å². The zero-order chi connectivity index (χ0) is 17.8. The summed E-state index contributed by atoms with van der Waals surface area (Å²) in [6.45, 7) is 9.72. The summed E-state index contributed by atoms with van der Waals surface area (Å²) in [5.74, 6) is -0.155. The smallest absolute Gasteiger partial charge is 0.232 e. The molecule has 0 aliphatic rings. The molecule has 1 rings (SSSR count). The van der Waals surface area contributed by atoms with Crippen LogP contribution in [0, 0.1) is 6.92 Å².